The van der Waals surface area contributed by atoms with E-state index in [0.717, 1.165) is 18.5 Å². The van der Waals surface area contributed by atoms with Crippen molar-refractivity contribution >= 4 is 17.4 Å². The molecule has 2 rings (SSSR count). The van der Waals surface area contributed by atoms with Gasteiger partial charge in [-0.05, 0) is 19.4 Å². The molecule has 100 valence electrons. The van der Waals surface area contributed by atoms with Crippen molar-refractivity contribution in [3.8, 4) is 0 Å². The van der Waals surface area contributed by atoms with Crippen LogP contribution >= 0.6 is 11.8 Å². The minimum atomic E-state index is -0.349. The summed E-state index contributed by atoms with van der Waals surface area (Å²) in [4.78, 5) is 2.45. The van der Waals surface area contributed by atoms with Crippen LogP contribution in [0.2, 0.25) is 0 Å². The summed E-state index contributed by atoms with van der Waals surface area (Å²) in [6.07, 6.45) is 0.419. The van der Waals surface area contributed by atoms with Crippen LogP contribution in [0.25, 0.3) is 0 Å². The lowest BCUT2D eigenvalue weighted by Crippen LogP contribution is -2.45. The normalized spacial score (nSPS) is 26.1. The molecule has 1 aliphatic heterocycles. The number of anilines is 1. The Labute approximate surface area is 114 Å². The molecule has 3 heteroatoms. The lowest BCUT2D eigenvalue weighted by Gasteiger charge is -2.40. The van der Waals surface area contributed by atoms with Crippen molar-refractivity contribution in [2.45, 2.75) is 44.6 Å². The highest BCUT2D eigenvalue weighted by Gasteiger charge is 2.27. The first-order chi connectivity index (χ1) is 8.65. The molecule has 1 aromatic rings. The van der Waals surface area contributed by atoms with Crippen molar-refractivity contribution < 1.29 is 5.11 Å². The molecule has 1 N–H and O–H groups in total. The van der Waals surface area contributed by atoms with Crippen LogP contribution in [0.5, 0.6) is 0 Å². The largest absolute Gasteiger partial charge is 0.388 e. The molecule has 2 unspecified atom stereocenters. The zero-order valence-electron chi connectivity index (χ0n) is 11.5. The molecule has 0 bridgehead atoms. The van der Waals surface area contributed by atoms with Gasteiger partial charge in [0.2, 0.25) is 0 Å². The van der Waals surface area contributed by atoms with Gasteiger partial charge in [0.05, 0.1) is 6.10 Å². The van der Waals surface area contributed by atoms with Crippen LogP contribution in [0.3, 0.4) is 0 Å². The smallest absolute Gasteiger partial charge is 0.0807 e. The summed E-state index contributed by atoms with van der Waals surface area (Å²) < 4.78 is 0. The second kappa shape index (κ2) is 5.98. The second-order valence-electron chi connectivity index (χ2n) is 4.99. The van der Waals surface area contributed by atoms with Crippen molar-refractivity contribution in [3.05, 3.63) is 29.8 Å². The monoisotopic (exact) mass is 265 g/mol. The van der Waals surface area contributed by atoms with Gasteiger partial charge in [0.15, 0.2) is 0 Å². The van der Waals surface area contributed by atoms with Crippen LogP contribution in [0.1, 0.15) is 38.9 Å². The fourth-order valence-corrected chi connectivity index (χ4v) is 3.62. The molecule has 1 heterocycles. The standard InChI is InChI=1S/C15H23NOS/c1-4-15(17)13-7-5-6-8-14(13)16-9-10-18-12(3)11(16)2/h5-8,11-12,15,17H,4,9-10H2,1-3H3/t11?,12?,15-/m1/s1. The summed E-state index contributed by atoms with van der Waals surface area (Å²) in [7, 11) is 0. The second-order valence-corrected chi connectivity index (χ2v) is 6.48. The molecule has 0 spiro atoms. The van der Waals surface area contributed by atoms with Crippen molar-refractivity contribution in [1.82, 2.24) is 0 Å². The maximum atomic E-state index is 10.2. The van der Waals surface area contributed by atoms with Crippen LogP contribution in [-0.2, 0) is 0 Å². The summed E-state index contributed by atoms with van der Waals surface area (Å²) in [6.45, 7) is 7.68. The molecule has 2 nitrogen and oxygen atoms in total. The molecule has 1 aliphatic rings. The summed E-state index contributed by atoms with van der Waals surface area (Å²) in [5.74, 6) is 1.17. The zero-order valence-corrected chi connectivity index (χ0v) is 12.3. The molecular formula is C15H23NOS. The van der Waals surface area contributed by atoms with E-state index in [9.17, 15) is 5.11 Å². The first kappa shape index (κ1) is 13.8. The number of benzene rings is 1. The van der Waals surface area contributed by atoms with E-state index in [1.165, 1.54) is 11.4 Å². The molecule has 0 aromatic heterocycles. The third kappa shape index (κ3) is 2.67. The van der Waals surface area contributed by atoms with E-state index >= 15 is 0 Å². The molecule has 0 amide bonds. The van der Waals surface area contributed by atoms with E-state index in [-0.39, 0.29) is 6.10 Å². The molecule has 0 aliphatic carbocycles. The van der Waals surface area contributed by atoms with Gasteiger partial charge in [-0.15, -0.1) is 0 Å². The van der Waals surface area contributed by atoms with Gasteiger partial charge >= 0.3 is 0 Å². The van der Waals surface area contributed by atoms with Crippen LogP contribution in [0, 0.1) is 0 Å². The molecule has 18 heavy (non-hydrogen) atoms. The Hall–Kier alpha value is -0.670. The van der Waals surface area contributed by atoms with Gasteiger partial charge in [-0.2, -0.15) is 11.8 Å². The van der Waals surface area contributed by atoms with E-state index in [2.05, 4.69) is 36.9 Å². The van der Waals surface area contributed by atoms with Crippen LogP contribution in [0.15, 0.2) is 24.3 Å². The van der Waals surface area contributed by atoms with Gasteiger partial charge < -0.3 is 10.0 Å². The van der Waals surface area contributed by atoms with E-state index < -0.39 is 0 Å². The van der Waals surface area contributed by atoms with Crippen molar-refractivity contribution in [1.29, 1.82) is 0 Å². The Balaban J connectivity index is 2.32. The van der Waals surface area contributed by atoms with Crippen LogP contribution in [-0.4, -0.2) is 28.7 Å². The minimum Gasteiger partial charge on any atom is -0.388 e. The molecule has 3 atom stereocenters. The lowest BCUT2D eigenvalue weighted by molar-refractivity contribution is 0.174. The third-order valence-electron chi connectivity index (χ3n) is 3.88. The van der Waals surface area contributed by atoms with Gasteiger partial charge in [-0.25, -0.2) is 0 Å². The Morgan fingerprint density at radius 2 is 2.11 bits per heavy atom. The highest BCUT2D eigenvalue weighted by molar-refractivity contribution is 8.00. The summed E-state index contributed by atoms with van der Waals surface area (Å²) in [5, 5.41) is 10.8. The summed E-state index contributed by atoms with van der Waals surface area (Å²) in [5.41, 5.74) is 2.29. The van der Waals surface area contributed by atoms with Gasteiger partial charge in [-0.3, -0.25) is 0 Å². The zero-order chi connectivity index (χ0) is 13.1. The predicted molar refractivity (Wildman–Crippen MR) is 80.4 cm³/mol. The minimum absolute atomic E-state index is 0.349. The van der Waals surface area contributed by atoms with E-state index in [1.54, 1.807) is 0 Å². The quantitative estimate of drug-likeness (QED) is 0.905. The average molecular weight is 265 g/mol. The number of rotatable bonds is 3. The Morgan fingerprint density at radius 1 is 1.39 bits per heavy atom. The third-order valence-corrected chi connectivity index (χ3v) is 5.21. The summed E-state index contributed by atoms with van der Waals surface area (Å²) in [6, 6.07) is 8.81. The van der Waals surface area contributed by atoms with Gasteiger partial charge in [-0.1, -0.05) is 32.0 Å². The predicted octanol–water partition coefficient (Wildman–Crippen LogP) is 3.46. The van der Waals surface area contributed by atoms with E-state index in [0.29, 0.717) is 11.3 Å². The molecular weight excluding hydrogens is 242 g/mol. The van der Waals surface area contributed by atoms with Gasteiger partial charge in [0.1, 0.15) is 0 Å². The fourth-order valence-electron chi connectivity index (χ4n) is 2.52. The number of hydrogen-bond donors (Lipinski definition) is 1. The first-order valence-electron chi connectivity index (χ1n) is 6.80. The maximum absolute atomic E-state index is 10.2. The molecule has 1 fully saturated rings. The molecule has 0 saturated carbocycles. The van der Waals surface area contributed by atoms with Crippen molar-refractivity contribution in [2.24, 2.45) is 0 Å². The Bertz CT molecular complexity index is 396. The number of aliphatic hydroxyl groups is 1. The van der Waals surface area contributed by atoms with Crippen LogP contribution in [0.4, 0.5) is 5.69 Å². The fraction of sp³-hybridized carbons (Fsp3) is 0.600. The highest BCUT2D eigenvalue weighted by Crippen LogP contribution is 2.34. The SMILES string of the molecule is CC[C@@H](O)c1ccccc1N1CCSC(C)C1C. The topological polar surface area (TPSA) is 23.5 Å². The molecule has 1 saturated heterocycles. The van der Waals surface area contributed by atoms with Crippen molar-refractivity contribution in [3.63, 3.8) is 0 Å². The Morgan fingerprint density at radius 3 is 2.83 bits per heavy atom. The number of para-hydroxylation sites is 1. The molecule has 0 radical (unpaired) electrons. The van der Waals surface area contributed by atoms with Crippen molar-refractivity contribution in [2.75, 3.05) is 17.2 Å². The highest BCUT2D eigenvalue weighted by atomic mass is 32.2. The Kier molecular flexibility index (Phi) is 4.57. The maximum Gasteiger partial charge on any atom is 0.0807 e. The van der Waals surface area contributed by atoms with E-state index in [4.69, 9.17) is 0 Å². The first-order valence-corrected chi connectivity index (χ1v) is 7.85. The average Bonchev–Trinajstić information content (AvgIpc) is 2.41. The summed E-state index contributed by atoms with van der Waals surface area (Å²) >= 11 is 2.04. The molecule has 1 aromatic carbocycles. The number of nitrogens with zero attached hydrogens (tertiary/aromatic N) is 1. The van der Waals surface area contributed by atoms with Gasteiger partial charge in [0, 0.05) is 34.8 Å². The number of aliphatic hydroxyl groups excluding tert-OH is 1. The van der Waals surface area contributed by atoms with Gasteiger partial charge in [0.25, 0.3) is 0 Å². The lowest BCUT2D eigenvalue weighted by atomic mass is 10.0. The number of thioether (sulfide) groups is 1. The van der Waals surface area contributed by atoms with E-state index in [1.807, 2.05) is 24.8 Å². The van der Waals surface area contributed by atoms with Crippen LogP contribution < -0.4 is 4.90 Å². The number of hydrogen-bond acceptors (Lipinski definition) is 3.